The summed E-state index contributed by atoms with van der Waals surface area (Å²) in [6.07, 6.45) is 5.21. The Balaban J connectivity index is 2.91. The van der Waals surface area contributed by atoms with Gasteiger partial charge < -0.3 is 5.11 Å². The normalized spacial score (nSPS) is 13.9. The quantitative estimate of drug-likeness (QED) is 0.720. The lowest BCUT2D eigenvalue weighted by Crippen LogP contribution is -2.09. The molecular formula is C16H22O2. The largest absolute Gasteiger partial charge is 0.478 e. The number of hydrogen-bond acceptors (Lipinski definition) is 1. The third-order valence-electron chi connectivity index (χ3n) is 3.41. The third-order valence-corrected chi connectivity index (χ3v) is 3.41. The number of carboxylic acid groups (broad SMARTS) is 1. The first-order valence-corrected chi connectivity index (χ1v) is 6.54. The van der Waals surface area contributed by atoms with Gasteiger partial charge in [-0.3, -0.25) is 0 Å². The van der Waals surface area contributed by atoms with Gasteiger partial charge in [0.05, 0.1) is 5.56 Å². The van der Waals surface area contributed by atoms with Gasteiger partial charge in [-0.1, -0.05) is 38.5 Å². The average Bonchev–Trinajstić information content (AvgIpc) is 2.36. The maximum absolute atomic E-state index is 10.8. The minimum Gasteiger partial charge on any atom is -0.478 e. The second-order valence-electron chi connectivity index (χ2n) is 4.82. The van der Waals surface area contributed by atoms with Crippen molar-refractivity contribution in [3.63, 3.8) is 0 Å². The van der Waals surface area contributed by atoms with Gasteiger partial charge in [0.25, 0.3) is 0 Å². The maximum Gasteiger partial charge on any atom is 0.335 e. The molecular weight excluding hydrogens is 224 g/mol. The molecule has 0 unspecified atom stereocenters. The minimum absolute atomic E-state index is 0.352. The van der Waals surface area contributed by atoms with Crippen LogP contribution in [0.1, 0.15) is 54.9 Å². The van der Waals surface area contributed by atoms with Crippen molar-refractivity contribution in [3.05, 3.63) is 48.0 Å². The monoisotopic (exact) mass is 246 g/mol. The van der Waals surface area contributed by atoms with E-state index in [2.05, 4.69) is 20.4 Å². The van der Waals surface area contributed by atoms with E-state index in [1.807, 2.05) is 18.2 Å². The Kier molecular flexibility index (Phi) is 5.63. The van der Waals surface area contributed by atoms with Gasteiger partial charge in [0.1, 0.15) is 0 Å². The standard InChI is InChI=1S/C16H22O2/c1-4-6-12(3)15(7-5-2)13-8-10-14(11-9-13)16(17)18/h4,8-12,15H,1,5-7H2,2-3H3,(H,17,18)/t12-,15+/m1/s1. The van der Waals surface area contributed by atoms with Crippen molar-refractivity contribution >= 4 is 5.97 Å². The Labute approximate surface area is 109 Å². The lowest BCUT2D eigenvalue weighted by molar-refractivity contribution is 0.0697. The summed E-state index contributed by atoms with van der Waals surface area (Å²) >= 11 is 0. The van der Waals surface area contributed by atoms with E-state index in [-0.39, 0.29) is 0 Å². The summed E-state index contributed by atoms with van der Waals surface area (Å²) in [5.41, 5.74) is 1.58. The van der Waals surface area contributed by atoms with Crippen molar-refractivity contribution < 1.29 is 9.90 Å². The van der Waals surface area contributed by atoms with Gasteiger partial charge in [0.15, 0.2) is 0 Å². The molecule has 0 aliphatic carbocycles. The molecule has 1 N–H and O–H groups in total. The second-order valence-corrected chi connectivity index (χ2v) is 4.82. The number of carboxylic acids is 1. The molecule has 0 spiro atoms. The molecule has 0 fully saturated rings. The predicted molar refractivity (Wildman–Crippen MR) is 75.0 cm³/mol. The highest BCUT2D eigenvalue weighted by molar-refractivity contribution is 5.87. The molecule has 0 saturated heterocycles. The summed E-state index contributed by atoms with van der Waals surface area (Å²) in [6.45, 7) is 8.21. The number of carbonyl (C=O) groups is 1. The van der Waals surface area contributed by atoms with E-state index in [4.69, 9.17) is 5.11 Å². The molecule has 1 aromatic rings. The molecule has 0 radical (unpaired) electrons. The maximum atomic E-state index is 10.8. The fraction of sp³-hybridized carbons (Fsp3) is 0.438. The van der Waals surface area contributed by atoms with E-state index in [1.54, 1.807) is 12.1 Å². The van der Waals surface area contributed by atoms with Crippen molar-refractivity contribution in [1.82, 2.24) is 0 Å². The molecule has 0 heterocycles. The Bertz CT molecular complexity index is 392. The second kappa shape index (κ2) is 7.00. The first kappa shape index (κ1) is 14.5. The van der Waals surface area contributed by atoms with E-state index in [0.29, 0.717) is 17.4 Å². The van der Waals surface area contributed by atoms with Crippen LogP contribution in [0, 0.1) is 5.92 Å². The molecule has 0 bridgehead atoms. The van der Waals surface area contributed by atoms with Crippen molar-refractivity contribution in [3.8, 4) is 0 Å². The average molecular weight is 246 g/mol. The SMILES string of the molecule is C=CC[C@@H](C)[C@H](CCC)c1ccc(C(=O)O)cc1. The first-order valence-electron chi connectivity index (χ1n) is 6.54. The van der Waals surface area contributed by atoms with Crippen LogP contribution in [0.3, 0.4) is 0 Å². The van der Waals surface area contributed by atoms with Gasteiger partial charge in [0, 0.05) is 0 Å². The Morgan fingerprint density at radius 3 is 2.44 bits per heavy atom. The van der Waals surface area contributed by atoms with Gasteiger partial charge >= 0.3 is 5.97 Å². The zero-order chi connectivity index (χ0) is 13.5. The van der Waals surface area contributed by atoms with Crippen LogP contribution in [0.4, 0.5) is 0 Å². The van der Waals surface area contributed by atoms with Crippen LogP contribution in [-0.4, -0.2) is 11.1 Å². The number of allylic oxidation sites excluding steroid dienone is 1. The summed E-state index contributed by atoms with van der Waals surface area (Å²) < 4.78 is 0. The highest BCUT2D eigenvalue weighted by Crippen LogP contribution is 2.31. The summed E-state index contributed by atoms with van der Waals surface area (Å²) in [7, 11) is 0. The summed E-state index contributed by atoms with van der Waals surface area (Å²) in [6, 6.07) is 7.29. The highest BCUT2D eigenvalue weighted by Gasteiger charge is 2.17. The third kappa shape index (κ3) is 3.73. The van der Waals surface area contributed by atoms with Gasteiger partial charge in [-0.15, -0.1) is 6.58 Å². The number of benzene rings is 1. The lowest BCUT2D eigenvalue weighted by Gasteiger charge is -2.23. The van der Waals surface area contributed by atoms with Crippen molar-refractivity contribution in [2.45, 2.75) is 39.0 Å². The van der Waals surface area contributed by atoms with Crippen LogP contribution in [0.15, 0.2) is 36.9 Å². The molecule has 0 aliphatic heterocycles. The molecule has 98 valence electrons. The lowest BCUT2D eigenvalue weighted by atomic mass is 9.82. The zero-order valence-corrected chi connectivity index (χ0v) is 11.2. The van der Waals surface area contributed by atoms with Crippen molar-refractivity contribution in [2.24, 2.45) is 5.92 Å². The molecule has 2 nitrogen and oxygen atoms in total. The summed E-state index contributed by atoms with van der Waals surface area (Å²) in [5, 5.41) is 8.90. The van der Waals surface area contributed by atoms with Crippen LogP contribution in [0.25, 0.3) is 0 Å². The van der Waals surface area contributed by atoms with Crippen LogP contribution >= 0.6 is 0 Å². The van der Waals surface area contributed by atoms with Crippen LogP contribution in [-0.2, 0) is 0 Å². The van der Waals surface area contributed by atoms with Crippen molar-refractivity contribution in [2.75, 3.05) is 0 Å². The number of hydrogen-bond donors (Lipinski definition) is 1. The highest BCUT2D eigenvalue weighted by atomic mass is 16.4. The van der Waals surface area contributed by atoms with Crippen LogP contribution in [0.2, 0.25) is 0 Å². The van der Waals surface area contributed by atoms with E-state index < -0.39 is 5.97 Å². The Morgan fingerprint density at radius 2 is 2.00 bits per heavy atom. The van der Waals surface area contributed by atoms with Gasteiger partial charge in [-0.25, -0.2) is 4.79 Å². The molecule has 1 aromatic carbocycles. The molecule has 0 aromatic heterocycles. The van der Waals surface area contributed by atoms with Gasteiger partial charge in [-0.05, 0) is 42.4 Å². The van der Waals surface area contributed by atoms with E-state index in [1.165, 1.54) is 5.56 Å². The molecule has 0 saturated carbocycles. The van der Waals surface area contributed by atoms with Crippen molar-refractivity contribution in [1.29, 1.82) is 0 Å². The number of aromatic carboxylic acids is 1. The van der Waals surface area contributed by atoms with Crippen LogP contribution in [0.5, 0.6) is 0 Å². The minimum atomic E-state index is -0.868. The van der Waals surface area contributed by atoms with E-state index >= 15 is 0 Å². The predicted octanol–water partition coefficient (Wildman–Crippen LogP) is 4.48. The number of rotatable bonds is 7. The van der Waals surface area contributed by atoms with E-state index in [9.17, 15) is 4.79 Å². The smallest absolute Gasteiger partial charge is 0.335 e. The fourth-order valence-electron chi connectivity index (χ4n) is 2.39. The molecule has 18 heavy (non-hydrogen) atoms. The molecule has 1 rings (SSSR count). The first-order chi connectivity index (χ1) is 8.60. The fourth-order valence-corrected chi connectivity index (χ4v) is 2.39. The molecule has 0 aliphatic rings. The summed E-state index contributed by atoms with van der Waals surface area (Å²) in [4.78, 5) is 10.8. The Morgan fingerprint density at radius 1 is 1.39 bits per heavy atom. The van der Waals surface area contributed by atoms with Gasteiger partial charge in [0.2, 0.25) is 0 Å². The zero-order valence-electron chi connectivity index (χ0n) is 11.2. The topological polar surface area (TPSA) is 37.3 Å². The molecule has 2 heteroatoms. The molecule has 2 atom stereocenters. The van der Waals surface area contributed by atoms with E-state index in [0.717, 1.165) is 19.3 Å². The van der Waals surface area contributed by atoms with Crippen LogP contribution < -0.4 is 0 Å². The summed E-state index contributed by atoms with van der Waals surface area (Å²) in [5.74, 6) is 0.154. The molecule has 0 amide bonds. The Hall–Kier alpha value is -1.57. The van der Waals surface area contributed by atoms with Gasteiger partial charge in [-0.2, -0.15) is 0 Å².